The van der Waals surface area contributed by atoms with Gasteiger partial charge in [-0.3, -0.25) is 4.79 Å². The molecule has 1 aromatic heterocycles. The summed E-state index contributed by atoms with van der Waals surface area (Å²) >= 11 is 0. The molecule has 4 heteroatoms. The van der Waals surface area contributed by atoms with Crippen LogP contribution in [0.4, 0.5) is 0 Å². The number of aromatic nitrogens is 1. The van der Waals surface area contributed by atoms with E-state index in [1.807, 2.05) is 47.2 Å². The molecule has 0 radical (unpaired) electrons. The van der Waals surface area contributed by atoms with Crippen LogP contribution in [-0.4, -0.2) is 25.1 Å². The van der Waals surface area contributed by atoms with Gasteiger partial charge in [-0.25, -0.2) is 0 Å². The predicted octanol–water partition coefficient (Wildman–Crippen LogP) is 3.03. The average molecular weight is 271 g/mol. The number of carbonyl (C=O) groups is 1. The van der Waals surface area contributed by atoms with E-state index in [4.69, 9.17) is 9.47 Å². The Hall–Kier alpha value is -2.49. The first-order valence-corrected chi connectivity index (χ1v) is 6.27. The summed E-state index contributed by atoms with van der Waals surface area (Å²) in [6.07, 6.45) is 6.71. The molecule has 2 rings (SSSR count). The maximum absolute atomic E-state index is 10.8. The number of aldehydes is 1. The first-order chi connectivity index (χ1) is 9.78. The van der Waals surface area contributed by atoms with E-state index in [1.165, 1.54) is 0 Å². The number of hydrogen-bond donors (Lipinski definition) is 0. The Labute approximate surface area is 118 Å². The van der Waals surface area contributed by atoms with E-state index in [0.717, 1.165) is 11.8 Å². The van der Waals surface area contributed by atoms with Crippen molar-refractivity contribution in [2.45, 2.75) is 6.54 Å². The van der Waals surface area contributed by atoms with Crippen LogP contribution in [0.15, 0.2) is 42.6 Å². The summed E-state index contributed by atoms with van der Waals surface area (Å²) < 4.78 is 12.3. The number of methoxy groups -OCH3 is 2. The van der Waals surface area contributed by atoms with Crippen LogP contribution in [0.25, 0.3) is 6.08 Å². The van der Waals surface area contributed by atoms with Gasteiger partial charge in [0, 0.05) is 12.7 Å². The molecule has 1 aromatic carbocycles. The van der Waals surface area contributed by atoms with Crippen LogP contribution in [-0.2, 0) is 6.54 Å². The molecular weight excluding hydrogens is 254 g/mol. The third kappa shape index (κ3) is 3.09. The van der Waals surface area contributed by atoms with Gasteiger partial charge in [0.05, 0.1) is 19.9 Å². The first-order valence-electron chi connectivity index (χ1n) is 6.27. The van der Waals surface area contributed by atoms with Gasteiger partial charge in [-0.1, -0.05) is 18.2 Å². The van der Waals surface area contributed by atoms with Gasteiger partial charge in [-0.05, 0) is 29.8 Å². The fraction of sp³-hybridized carbons (Fsp3) is 0.188. The second-order valence-electron chi connectivity index (χ2n) is 4.22. The van der Waals surface area contributed by atoms with Crippen molar-refractivity contribution in [2.24, 2.45) is 0 Å². The van der Waals surface area contributed by atoms with Crippen LogP contribution in [0, 0.1) is 0 Å². The molecule has 0 amide bonds. The fourth-order valence-corrected chi connectivity index (χ4v) is 1.96. The van der Waals surface area contributed by atoms with E-state index in [1.54, 1.807) is 20.3 Å². The van der Waals surface area contributed by atoms with Crippen molar-refractivity contribution in [1.82, 2.24) is 4.57 Å². The Balaban J connectivity index is 2.10. The summed E-state index contributed by atoms with van der Waals surface area (Å²) in [5, 5.41) is 0. The molecule has 2 aromatic rings. The first kappa shape index (κ1) is 13.9. The van der Waals surface area contributed by atoms with Crippen LogP contribution >= 0.6 is 0 Å². The Bertz CT molecular complexity index is 614. The lowest BCUT2D eigenvalue weighted by molar-refractivity contribution is 0.111. The van der Waals surface area contributed by atoms with Crippen LogP contribution < -0.4 is 9.47 Å². The average Bonchev–Trinajstić information content (AvgIpc) is 2.94. The zero-order valence-electron chi connectivity index (χ0n) is 11.6. The number of nitrogens with zero attached hydrogens (tertiary/aromatic N) is 1. The molecule has 0 saturated heterocycles. The molecule has 20 heavy (non-hydrogen) atoms. The number of ether oxygens (including phenoxy) is 2. The zero-order valence-corrected chi connectivity index (χ0v) is 11.6. The summed E-state index contributed by atoms with van der Waals surface area (Å²) in [6, 6.07) is 9.37. The normalized spacial score (nSPS) is 10.7. The Morgan fingerprint density at radius 3 is 2.65 bits per heavy atom. The number of allylic oxidation sites excluding steroid dienone is 1. The lowest BCUT2D eigenvalue weighted by atomic mass is 10.2. The van der Waals surface area contributed by atoms with Crippen molar-refractivity contribution in [3.05, 3.63) is 53.9 Å². The van der Waals surface area contributed by atoms with Crippen molar-refractivity contribution in [1.29, 1.82) is 0 Å². The van der Waals surface area contributed by atoms with Gasteiger partial charge in [0.2, 0.25) is 0 Å². The van der Waals surface area contributed by atoms with E-state index in [9.17, 15) is 4.79 Å². The molecule has 0 aliphatic heterocycles. The number of rotatable bonds is 6. The second kappa shape index (κ2) is 6.61. The van der Waals surface area contributed by atoms with Crippen molar-refractivity contribution < 1.29 is 14.3 Å². The van der Waals surface area contributed by atoms with E-state index >= 15 is 0 Å². The molecule has 0 unspecified atom stereocenters. The summed E-state index contributed by atoms with van der Waals surface area (Å²) in [4.78, 5) is 10.8. The highest BCUT2D eigenvalue weighted by atomic mass is 16.5. The van der Waals surface area contributed by atoms with E-state index in [-0.39, 0.29) is 0 Å². The van der Waals surface area contributed by atoms with E-state index < -0.39 is 0 Å². The molecule has 0 N–H and O–H groups in total. The second-order valence-corrected chi connectivity index (χ2v) is 4.22. The smallest absolute Gasteiger partial charge is 0.166 e. The van der Waals surface area contributed by atoms with Crippen LogP contribution in [0.3, 0.4) is 0 Å². The highest BCUT2D eigenvalue weighted by Gasteiger charge is 2.02. The van der Waals surface area contributed by atoms with Gasteiger partial charge < -0.3 is 14.0 Å². The number of carbonyl (C=O) groups excluding carboxylic acids is 1. The highest BCUT2D eigenvalue weighted by Crippen LogP contribution is 2.27. The molecule has 0 saturated carbocycles. The summed E-state index contributed by atoms with van der Waals surface area (Å²) in [5.41, 5.74) is 1.68. The van der Waals surface area contributed by atoms with Crippen LogP contribution in [0.2, 0.25) is 0 Å². The van der Waals surface area contributed by atoms with E-state index in [2.05, 4.69) is 0 Å². The minimum Gasteiger partial charge on any atom is -0.493 e. The van der Waals surface area contributed by atoms with Gasteiger partial charge in [0.1, 0.15) is 0 Å². The summed E-state index contributed by atoms with van der Waals surface area (Å²) in [5.74, 6) is 1.41. The van der Waals surface area contributed by atoms with Crippen molar-refractivity contribution >= 4 is 12.4 Å². The molecule has 0 aliphatic carbocycles. The minimum atomic E-state index is 0.648. The lowest BCUT2D eigenvalue weighted by Gasteiger charge is -2.07. The molecule has 0 bridgehead atoms. The molecule has 1 heterocycles. The van der Waals surface area contributed by atoms with Crippen molar-refractivity contribution in [3.8, 4) is 11.5 Å². The predicted molar refractivity (Wildman–Crippen MR) is 78.4 cm³/mol. The SMILES string of the molecule is COc1ccc(C=CCn2cccc2C=O)cc1OC. The van der Waals surface area contributed by atoms with Crippen molar-refractivity contribution in [3.63, 3.8) is 0 Å². The quantitative estimate of drug-likeness (QED) is 0.758. The third-order valence-electron chi connectivity index (χ3n) is 3.01. The molecule has 4 nitrogen and oxygen atoms in total. The van der Waals surface area contributed by atoms with Crippen LogP contribution in [0.5, 0.6) is 11.5 Å². The zero-order chi connectivity index (χ0) is 14.4. The van der Waals surface area contributed by atoms with Crippen molar-refractivity contribution in [2.75, 3.05) is 14.2 Å². The summed E-state index contributed by atoms with van der Waals surface area (Å²) in [6.45, 7) is 0.648. The molecule has 0 atom stereocenters. The van der Waals surface area contributed by atoms with Gasteiger partial charge in [-0.2, -0.15) is 0 Å². The Morgan fingerprint density at radius 1 is 1.15 bits per heavy atom. The molecule has 0 aliphatic rings. The molecular formula is C16H17NO3. The van der Waals surface area contributed by atoms with E-state index in [0.29, 0.717) is 23.7 Å². The monoisotopic (exact) mass is 271 g/mol. The van der Waals surface area contributed by atoms with Gasteiger partial charge in [0.25, 0.3) is 0 Å². The fourth-order valence-electron chi connectivity index (χ4n) is 1.96. The maximum atomic E-state index is 10.8. The molecule has 104 valence electrons. The highest BCUT2D eigenvalue weighted by molar-refractivity contribution is 5.72. The van der Waals surface area contributed by atoms with Gasteiger partial charge in [0.15, 0.2) is 17.8 Å². The maximum Gasteiger partial charge on any atom is 0.166 e. The minimum absolute atomic E-state index is 0.648. The summed E-state index contributed by atoms with van der Waals surface area (Å²) in [7, 11) is 3.22. The third-order valence-corrected chi connectivity index (χ3v) is 3.01. The molecule has 0 spiro atoms. The largest absolute Gasteiger partial charge is 0.493 e. The van der Waals surface area contributed by atoms with Gasteiger partial charge in [-0.15, -0.1) is 0 Å². The number of hydrogen-bond acceptors (Lipinski definition) is 3. The molecule has 0 fully saturated rings. The topological polar surface area (TPSA) is 40.5 Å². The van der Waals surface area contributed by atoms with Gasteiger partial charge >= 0.3 is 0 Å². The standard InChI is InChI=1S/C16H17NO3/c1-19-15-8-7-13(11-16(15)20-2)5-3-9-17-10-4-6-14(17)12-18/h3-8,10-12H,9H2,1-2H3. The lowest BCUT2D eigenvalue weighted by Crippen LogP contribution is -1.97. The Morgan fingerprint density at radius 2 is 1.95 bits per heavy atom. The Kier molecular flexibility index (Phi) is 4.60. The van der Waals surface area contributed by atoms with Crippen LogP contribution in [0.1, 0.15) is 16.1 Å². The number of benzene rings is 1.